The fraction of sp³-hybridized carbons (Fsp3) is 0.667. The van der Waals surface area contributed by atoms with Crippen molar-refractivity contribution in [3.63, 3.8) is 0 Å². The first-order valence-corrected chi connectivity index (χ1v) is 6.39. The third-order valence-corrected chi connectivity index (χ3v) is 3.21. The number of carbonyl (C=O) groups excluding carboxylic acids is 1. The molecule has 1 aliphatic carbocycles. The molecule has 1 unspecified atom stereocenters. The van der Waals surface area contributed by atoms with Gasteiger partial charge in [0.05, 0.1) is 6.61 Å². The van der Waals surface area contributed by atoms with Crippen molar-refractivity contribution in [2.75, 3.05) is 13.2 Å². The molecule has 112 valence electrons. The molecule has 1 aromatic rings. The van der Waals surface area contributed by atoms with Crippen LogP contribution in [-0.4, -0.2) is 33.9 Å². The average molecular weight is 291 g/mol. The number of carbonyl (C=O) groups is 1. The number of hydrogen-bond donors (Lipinski definition) is 2. The summed E-state index contributed by atoms with van der Waals surface area (Å²) in [4.78, 5) is 11.8. The molecular weight excluding hydrogens is 275 g/mol. The summed E-state index contributed by atoms with van der Waals surface area (Å²) >= 11 is 0. The summed E-state index contributed by atoms with van der Waals surface area (Å²) in [5.41, 5.74) is -0.523. The Kier molecular flexibility index (Phi) is 4.03. The predicted molar refractivity (Wildman–Crippen MR) is 64.0 cm³/mol. The van der Waals surface area contributed by atoms with Gasteiger partial charge < -0.3 is 10.4 Å². The Bertz CT molecular complexity index is 495. The topological polar surface area (TPSA) is 67.2 Å². The Labute approximate surface area is 113 Å². The molecule has 1 atom stereocenters. The van der Waals surface area contributed by atoms with E-state index in [0.29, 0.717) is 5.69 Å². The second-order valence-electron chi connectivity index (χ2n) is 4.86. The lowest BCUT2D eigenvalue weighted by Crippen LogP contribution is -2.34. The maximum atomic E-state index is 12.7. The highest BCUT2D eigenvalue weighted by molar-refractivity contribution is 5.79. The fourth-order valence-electron chi connectivity index (χ4n) is 1.98. The first-order chi connectivity index (χ1) is 9.34. The van der Waals surface area contributed by atoms with Gasteiger partial charge in [-0.05, 0) is 25.8 Å². The number of nitrogens with one attached hydrogen (secondary N) is 1. The summed E-state index contributed by atoms with van der Waals surface area (Å²) in [6.07, 6.45) is -2.89. The zero-order valence-corrected chi connectivity index (χ0v) is 10.9. The van der Waals surface area contributed by atoms with Crippen molar-refractivity contribution < 1.29 is 23.1 Å². The largest absolute Gasteiger partial charge is 0.435 e. The van der Waals surface area contributed by atoms with Crippen molar-refractivity contribution in [2.45, 2.75) is 37.9 Å². The molecule has 0 aromatic carbocycles. The van der Waals surface area contributed by atoms with E-state index in [4.69, 9.17) is 5.11 Å². The standard InChI is InChI=1S/C12H16F3N3O2/c1-7(11(20)16-4-5-19)18-9(8-2-3-8)6-10(17-18)12(13,14)15/h6-8,19H,2-5H2,1H3,(H,16,20). The minimum atomic E-state index is -4.52. The van der Waals surface area contributed by atoms with Gasteiger partial charge in [0, 0.05) is 18.2 Å². The Hall–Kier alpha value is -1.57. The van der Waals surface area contributed by atoms with Crippen LogP contribution in [-0.2, 0) is 11.0 Å². The number of nitrogens with zero attached hydrogens (tertiary/aromatic N) is 2. The SMILES string of the molecule is CC(C(=O)NCCO)n1nc(C(F)(F)F)cc1C1CC1. The molecule has 0 radical (unpaired) electrons. The molecule has 2 N–H and O–H groups in total. The van der Waals surface area contributed by atoms with E-state index in [2.05, 4.69) is 10.4 Å². The van der Waals surface area contributed by atoms with E-state index in [9.17, 15) is 18.0 Å². The number of alkyl halides is 3. The van der Waals surface area contributed by atoms with Gasteiger partial charge in [-0.25, -0.2) is 0 Å². The van der Waals surface area contributed by atoms with Crippen LogP contribution in [0.4, 0.5) is 13.2 Å². The van der Waals surface area contributed by atoms with E-state index < -0.39 is 23.8 Å². The Morgan fingerprint density at radius 3 is 2.75 bits per heavy atom. The van der Waals surface area contributed by atoms with E-state index in [1.165, 1.54) is 6.92 Å². The molecular formula is C12H16F3N3O2. The minimum absolute atomic E-state index is 0.0479. The van der Waals surface area contributed by atoms with Crippen molar-refractivity contribution >= 4 is 5.91 Å². The molecule has 1 aliphatic rings. The molecule has 5 nitrogen and oxygen atoms in total. The molecule has 2 rings (SSSR count). The van der Waals surface area contributed by atoms with Crippen molar-refractivity contribution in [1.82, 2.24) is 15.1 Å². The zero-order chi connectivity index (χ0) is 14.9. The van der Waals surface area contributed by atoms with Crippen molar-refractivity contribution in [1.29, 1.82) is 0 Å². The summed E-state index contributed by atoms with van der Waals surface area (Å²) in [5.74, 6) is -0.413. The Morgan fingerprint density at radius 1 is 1.60 bits per heavy atom. The van der Waals surface area contributed by atoms with Gasteiger partial charge in [0.15, 0.2) is 5.69 Å². The molecule has 0 aliphatic heterocycles. The van der Waals surface area contributed by atoms with E-state index >= 15 is 0 Å². The average Bonchev–Trinajstić information content (AvgIpc) is 3.12. The maximum Gasteiger partial charge on any atom is 0.435 e. The molecule has 1 amide bonds. The fourth-order valence-corrected chi connectivity index (χ4v) is 1.98. The van der Waals surface area contributed by atoms with Crippen LogP contribution in [0.5, 0.6) is 0 Å². The first-order valence-electron chi connectivity index (χ1n) is 6.39. The predicted octanol–water partition coefficient (Wildman–Crippen LogP) is 1.45. The van der Waals surface area contributed by atoms with Crippen LogP contribution in [0.1, 0.15) is 43.1 Å². The van der Waals surface area contributed by atoms with Crippen LogP contribution in [0.15, 0.2) is 6.07 Å². The lowest BCUT2D eigenvalue weighted by atomic mass is 10.2. The summed E-state index contributed by atoms with van der Waals surface area (Å²) in [6, 6.07) is 0.182. The Morgan fingerprint density at radius 2 is 2.25 bits per heavy atom. The van der Waals surface area contributed by atoms with Crippen molar-refractivity contribution in [2.24, 2.45) is 0 Å². The van der Waals surface area contributed by atoms with Gasteiger partial charge in [0.1, 0.15) is 6.04 Å². The highest BCUT2D eigenvalue weighted by atomic mass is 19.4. The quantitative estimate of drug-likeness (QED) is 0.863. The monoisotopic (exact) mass is 291 g/mol. The molecule has 1 heterocycles. The zero-order valence-electron chi connectivity index (χ0n) is 10.9. The number of aromatic nitrogens is 2. The lowest BCUT2D eigenvalue weighted by molar-refractivity contribution is -0.142. The smallest absolute Gasteiger partial charge is 0.395 e. The number of aliphatic hydroxyl groups is 1. The van der Waals surface area contributed by atoms with Gasteiger partial charge >= 0.3 is 6.18 Å². The molecule has 0 spiro atoms. The second-order valence-corrected chi connectivity index (χ2v) is 4.86. The third kappa shape index (κ3) is 3.12. The summed E-state index contributed by atoms with van der Waals surface area (Å²) in [5, 5.41) is 14.6. The lowest BCUT2D eigenvalue weighted by Gasteiger charge is -2.15. The van der Waals surface area contributed by atoms with Crippen molar-refractivity contribution in [3.8, 4) is 0 Å². The second kappa shape index (κ2) is 5.43. The molecule has 1 fully saturated rings. The van der Waals surface area contributed by atoms with Gasteiger partial charge in [0.2, 0.25) is 5.91 Å². The van der Waals surface area contributed by atoms with E-state index in [0.717, 1.165) is 23.6 Å². The molecule has 20 heavy (non-hydrogen) atoms. The van der Waals surface area contributed by atoms with Crippen molar-refractivity contribution in [3.05, 3.63) is 17.5 Å². The molecule has 0 bridgehead atoms. The molecule has 0 saturated heterocycles. The van der Waals surface area contributed by atoms with E-state index in [1.54, 1.807) is 0 Å². The summed E-state index contributed by atoms with van der Waals surface area (Å²) < 4.78 is 39.3. The van der Waals surface area contributed by atoms with Crippen LogP contribution in [0.3, 0.4) is 0 Å². The third-order valence-electron chi connectivity index (χ3n) is 3.21. The number of hydrogen-bond acceptors (Lipinski definition) is 3. The number of amides is 1. The first kappa shape index (κ1) is 14.8. The molecule has 1 saturated carbocycles. The van der Waals surface area contributed by atoms with E-state index in [-0.39, 0.29) is 19.1 Å². The van der Waals surface area contributed by atoms with Crippen LogP contribution >= 0.6 is 0 Å². The minimum Gasteiger partial charge on any atom is -0.395 e. The number of halogens is 3. The number of rotatable bonds is 5. The van der Waals surface area contributed by atoms with Crippen LogP contribution in [0.25, 0.3) is 0 Å². The normalized spacial score (nSPS) is 17.1. The van der Waals surface area contributed by atoms with Crippen LogP contribution < -0.4 is 5.32 Å². The summed E-state index contributed by atoms with van der Waals surface area (Å²) in [6.45, 7) is 1.34. The molecule has 8 heteroatoms. The van der Waals surface area contributed by atoms with Gasteiger partial charge in [-0.1, -0.05) is 0 Å². The maximum absolute atomic E-state index is 12.7. The Balaban J connectivity index is 2.25. The number of aliphatic hydroxyl groups excluding tert-OH is 1. The highest BCUT2D eigenvalue weighted by Crippen LogP contribution is 2.42. The highest BCUT2D eigenvalue weighted by Gasteiger charge is 2.39. The van der Waals surface area contributed by atoms with Gasteiger partial charge in [-0.15, -0.1) is 0 Å². The summed E-state index contributed by atoms with van der Waals surface area (Å²) in [7, 11) is 0. The van der Waals surface area contributed by atoms with Gasteiger partial charge in [-0.2, -0.15) is 18.3 Å². The van der Waals surface area contributed by atoms with E-state index in [1.807, 2.05) is 0 Å². The van der Waals surface area contributed by atoms with Crippen LogP contribution in [0, 0.1) is 0 Å². The molecule has 1 aromatic heterocycles. The van der Waals surface area contributed by atoms with Gasteiger partial charge in [-0.3, -0.25) is 9.48 Å². The van der Waals surface area contributed by atoms with Crippen LogP contribution in [0.2, 0.25) is 0 Å². The van der Waals surface area contributed by atoms with Gasteiger partial charge in [0.25, 0.3) is 0 Å².